The van der Waals surface area contributed by atoms with Gasteiger partial charge in [0.25, 0.3) is 11.6 Å². The van der Waals surface area contributed by atoms with Gasteiger partial charge in [-0.1, -0.05) is 0 Å². The van der Waals surface area contributed by atoms with Crippen LogP contribution in [0.2, 0.25) is 26.4 Å². The highest BCUT2D eigenvalue weighted by Crippen LogP contribution is 2.36. The Hall–Kier alpha value is -3.45. The van der Waals surface area contributed by atoms with Crippen molar-refractivity contribution in [2.24, 2.45) is 0 Å². The first-order chi connectivity index (χ1) is 20.8. The van der Waals surface area contributed by atoms with Crippen molar-refractivity contribution in [1.82, 2.24) is 59.8 Å². The molecule has 1 fully saturated rings. The molecule has 0 spiro atoms. The molecule has 226 valence electrons. The average Bonchev–Trinajstić information content (AvgIpc) is 3.61. The summed E-state index contributed by atoms with van der Waals surface area (Å²) in [4.78, 5) is 45.7. The maximum atomic E-state index is 5.85. The van der Waals surface area contributed by atoms with E-state index in [4.69, 9.17) is 76.1 Å². The number of oxazole rings is 2. The Morgan fingerprint density at radius 2 is 1.00 bits per heavy atom. The second-order valence-electron chi connectivity index (χ2n) is 9.43. The molecular formula is C22H16BCl5N12O4. The summed E-state index contributed by atoms with van der Waals surface area (Å²) in [6.07, 6.45) is 5.88. The first-order valence-corrected chi connectivity index (χ1v) is 14.0. The van der Waals surface area contributed by atoms with Crippen LogP contribution in [0.4, 0.5) is 0 Å². The van der Waals surface area contributed by atoms with Crippen molar-refractivity contribution in [2.45, 2.75) is 38.9 Å². The Balaban J connectivity index is 0.000000138. The van der Waals surface area contributed by atoms with Crippen molar-refractivity contribution in [1.29, 1.82) is 0 Å². The molecule has 7 rings (SSSR count). The maximum Gasteiger partial charge on any atom is 0.554 e. The van der Waals surface area contributed by atoms with Gasteiger partial charge in [-0.3, -0.25) is 0 Å². The lowest BCUT2D eigenvalue weighted by Gasteiger charge is -2.32. The van der Waals surface area contributed by atoms with Gasteiger partial charge in [0.1, 0.15) is 23.7 Å². The normalized spacial score (nSPS) is 15.1. The molecule has 1 aliphatic heterocycles. The van der Waals surface area contributed by atoms with Crippen LogP contribution in [0.5, 0.6) is 0 Å². The summed E-state index contributed by atoms with van der Waals surface area (Å²) in [6.45, 7) is 7.93. The van der Waals surface area contributed by atoms with Crippen LogP contribution in [-0.2, 0) is 9.31 Å². The SMILES string of the molecule is CC1(C)OB(c2nc3cncnc3o2)OC1(C)C.Clc1nc(Cl)nc(-c2nc3cncnc3o2)n1.Clc1nc(Cl)nc(Cl)n1. The molecule has 7 heterocycles. The summed E-state index contributed by atoms with van der Waals surface area (Å²) in [7, 11) is -0.607. The van der Waals surface area contributed by atoms with Crippen molar-refractivity contribution >= 4 is 93.4 Å². The zero-order valence-corrected chi connectivity index (χ0v) is 26.6. The van der Waals surface area contributed by atoms with E-state index in [-0.39, 0.29) is 38.1 Å². The molecule has 6 aromatic heterocycles. The molecule has 0 unspecified atom stereocenters. The lowest BCUT2D eigenvalue weighted by atomic mass is 9.90. The first-order valence-electron chi connectivity index (χ1n) is 12.1. The van der Waals surface area contributed by atoms with E-state index in [1.807, 2.05) is 27.7 Å². The molecule has 44 heavy (non-hydrogen) atoms. The molecule has 0 amide bonds. The fourth-order valence-corrected chi connectivity index (χ4v) is 4.24. The van der Waals surface area contributed by atoms with Crippen molar-refractivity contribution < 1.29 is 18.1 Å². The molecule has 0 aromatic carbocycles. The van der Waals surface area contributed by atoms with E-state index in [9.17, 15) is 0 Å². The molecule has 0 aliphatic carbocycles. The zero-order chi connectivity index (χ0) is 31.6. The Bertz CT molecular complexity index is 1790. The topological polar surface area (TPSA) is 199 Å². The second kappa shape index (κ2) is 12.9. The van der Waals surface area contributed by atoms with Gasteiger partial charge in [0, 0.05) is 0 Å². The predicted molar refractivity (Wildman–Crippen MR) is 159 cm³/mol. The molecule has 1 aliphatic rings. The Kier molecular flexibility index (Phi) is 9.36. The molecule has 16 nitrogen and oxygen atoms in total. The molecule has 0 radical (unpaired) electrons. The predicted octanol–water partition coefficient (Wildman–Crippen LogP) is 4.53. The number of rotatable bonds is 2. The monoisotopic (exact) mass is 698 g/mol. The van der Waals surface area contributed by atoms with Gasteiger partial charge in [0.05, 0.1) is 23.6 Å². The summed E-state index contributed by atoms with van der Waals surface area (Å²) in [5.41, 5.74) is 1.04. The minimum atomic E-state index is -0.607. The molecule has 0 N–H and O–H groups in total. The van der Waals surface area contributed by atoms with E-state index in [1.54, 1.807) is 6.20 Å². The molecule has 0 bridgehead atoms. The van der Waals surface area contributed by atoms with E-state index in [0.717, 1.165) is 0 Å². The average molecular weight is 701 g/mol. The number of fused-ring (bicyclic) bond motifs is 2. The first kappa shape index (κ1) is 32.0. The third kappa shape index (κ3) is 7.43. The minimum Gasteiger partial charge on any atom is -0.425 e. The maximum absolute atomic E-state index is 5.85. The Morgan fingerprint density at radius 3 is 1.45 bits per heavy atom. The minimum absolute atomic E-state index is 0.000000000000000444. The van der Waals surface area contributed by atoms with E-state index >= 15 is 0 Å². The van der Waals surface area contributed by atoms with Gasteiger partial charge in [-0.05, 0) is 85.7 Å². The summed E-state index contributed by atoms with van der Waals surface area (Å²) in [6, 6.07) is 0. The molecule has 1 saturated heterocycles. The lowest BCUT2D eigenvalue weighted by molar-refractivity contribution is 0.00578. The van der Waals surface area contributed by atoms with Crippen molar-refractivity contribution in [3.8, 4) is 11.7 Å². The standard InChI is InChI=1S/C11H14BN3O3.C8H2Cl2N6O.C3Cl3N3/c1-10(2)11(3,4)18-12(17-10)9-15-7-5-13-6-14-8(7)16-9;9-7-14-4(15-8(10)16-7)6-13-3-1-11-2-12-5(3)17-6;4-1-7-2(5)9-3(6)8-1/h5-6H,1-4H3;1-2H;. The van der Waals surface area contributed by atoms with E-state index in [1.165, 1.54) is 18.9 Å². The molecule has 0 atom stereocenters. The van der Waals surface area contributed by atoms with Crippen LogP contribution in [0.15, 0.2) is 33.9 Å². The van der Waals surface area contributed by atoms with Gasteiger partial charge >= 0.3 is 7.12 Å². The van der Waals surface area contributed by atoms with E-state index in [2.05, 4.69) is 59.8 Å². The molecule has 6 aromatic rings. The fourth-order valence-electron chi connectivity index (χ4n) is 3.26. The van der Waals surface area contributed by atoms with Crippen molar-refractivity contribution in [2.75, 3.05) is 0 Å². The van der Waals surface area contributed by atoms with Gasteiger partial charge in [-0.25, -0.2) is 19.9 Å². The van der Waals surface area contributed by atoms with Crippen LogP contribution >= 0.6 is 58.0 Å². The van der Waals surface area contributed by atoms with Gasteiger partial charge in [0.2, 0.25) is 43.7 Å². The smallest absolute Gasteiger partial charge is 0.425 e. The quantitative estimate of drug-likeness (QED) is 0.228. The van der Waals surface area contributed by atoms with Crippen molar-refractivity contribution in [3.05, 3.63) is 51.5 Å². The van der Waals surface area contributed by atoms with E-state index < -0.39 is 18.3 Å². The highest BCUT2D eigenvalue weighted by Gasteiger charge is 2.54. The number of hydrogen-bond donors (Lipinski definition) is 0. The van der Waals surface area contributed by atoms with Gasteiger partial charge in [0.15, 0.2) is 0 Å². The number of nitrogens with zero attached hydrogens (tertiary/aromatic N) is 12. The van der Waals surface area contributed by atoms with Gasteiger partial charge in [-0.2, -0.15) is 39.9 Å². The van der Waals surface area contributed by atoms with Gasteiger partial charge in [-0.15, -0.1) is 0 Å². The highest BCUT2D eigenvalue weighted by molar-refractivity contribution is 6.59. The molecular weight excluding hydrogens is 684 g/mol. The van der Waals surface area contributed by atoms with E-state index in [0.29, 0.717) is 28.3 Å². The summed E-state index contributed by atoms with van der Waals surface area (Å²) in [5.74, 6) is 0.684. The summed E-state index contributed by atoms with van der Waals surface area (Å²) >= 11 is 27.3. The number of aromatic nitrogens is 12. The van der Waals surface area contributed by atoms with Gasteiger partial charge < -0.3 is 18.1 Å². The molecule has 22 heteroatoms. The summed E-state index contributed by atoms with van der Waals surface area (Å²) in [5, 5.41) is -0.0679. The fraction of sp³-hybridized carbons (Fsp3) is 0.273. The third-order valence-electron chi connectivity index (χ3n) is 5.94. The Morgan fingerprint density at radius 1 is 0.568 bits per heavy atom. The second-order valence-corrected chi connectivity index (χ2v) is 11.1. The highest BCUT2D eigenvalue weighted by atomic mass is 35.5. The lowest BCUT2D eigenvalue weighted by Crippen LogP contribution is -2.41. The largest absolute Gasteiger partial charge is 0.554 e. The third-order valence-corrected chi connectivity index (χ3v) is 6.79. The van der Waals surface area contributed by atoms with Crippen LogP contribution in [-0.4, -0.2) is 78.1 Å². The van der Waals surface area contributed by atoms with Crippen LogP contribution in [0.3, 0.4) is 0 Å². The van der Waals surface area contributed by atoms with Crippen LogP contribution in [0.1, 0.15) is 27.7 Å². The Labute approximate surface area is 272 Å². The summed E-state index contributed by atoms with van der Waals surface area (Å²) < 4.78 is 22.6. The van der Waals surface area contributed by atoms with Crippen LogP contribution in [0.25, 0.3) is 34.2 Å². The number of hydrogen-bond acceptors (Lipinski definition) is 16. The van der Waals surface area contributed by atoms with Crippen LogP contribution in [0, 0.1) is 0 Å². The number of halogens is 5. The van der Waals surface area contributed by atoms with Crippen LogP contribution < -0.4 is 5.79 Å². The molecule has 0 saturated carbocycles. The zero-order valence-electron chi connectivity index (χ0n) is 22.8. The van der Waals surface area contributed by atoms with Crippen molar-refractivity contribution in [3.63, 3.8) is 0 Å².